The lowest BCUT2D eigenvalue weighted by Crippen LogP contribution is -2.35. The van der Waals surface area contributed by atoms with Crippen LogP contribution >= 0.6 is 12.2 Å². The molecule has 2 aromatic rings. The van der Waals surface area contributed by atoms with Gasteiger partial charge in [0.1, 0.15) is 0 Å². The molecule has 82 valence electrons. The molecule has 2 N–H and O–H groups in total. The van der Waals surface area contributed by atoms with Crippen molar-refractivity contribution in [1.29, 1.82) is 0 Å². The lowest BCUT2D eigenvalue weighted by Gasteiger charge is -2.22. The minimum atomic E-state index is 0.416. The van der Waals surface area contributed by atoms with Crippen LogP contribution in [-0.4, -0.2) is 11.7 Å². The largest absolute Gasteiger partial charge is 0.376 e. The van der Waals surface area contributed by atoms with E-state index in [0.29, 0.717) is 5.11 Å². The number of thiocarbonyl (C=S) groups is 1. The maximum atomic E-state index is 5.73. The van der Waals surface area contributed by atoms with Crippen LogP contribution in [0.5, 0.6) is 0 Å². The standard InChI is InChI=1S/C13H14N2S/c1-2-15(13(14)16)12-9-5-7-10-6-3-4-8-11(10)12/h3-9H,2H2,1H3,(H2,14,16). The molecule has 0 fully saturated rings. The molecule has 2 aromatic carbocycles. The number of nitrogens with two attached hydrogens (primary N) is 1. The maximum Gasteiger partial charge on any atom is 0.170 e. The zero-order valence-electron chi connectivity index (χ0n) is 9.18. The molecule has 0 spiro atoms. The topological polar surface area (TPSA) is 29.3 Å². The molecule has 0 saturated heterocycles. The molecule has 0 aliphatic carbocycles. The Bertz CT molecular complexity index is 517. The van der Waals surface area contributed by atoms with Gasteiger partial charge in [-0.05, 0) is 30.6 Å². The fourth-order valence-corrected chi connectivity index (χ4v) is 2.12. The van der Waals surface area contributed by atoms with Crippen molar-refractivity contribution in [3.63, 3.8) is 0 Å². The third-order valence-corrected chi connectivity index (χ3v) is 2.86. The highest BCUT2D eigenvalue weighted by atomic mass is 32.1. The van der Waals surface area contributed by atoms with Crippen LogP contribution in [0.25, 0.3) is 10.8 Å². The van der Waals surface area contributed by atoms with Crippen LogP contribution in [0.3, 0.4) is 0 Å². The van der Waals surface area contributed by atoms with E-state index in [-0.39, 0.29) is 0 Å². The molecule has 16 heavy (non-hydrogen) atoms. The summed E-state index contributed by atoms with van der Waals surface area (Å²) in [7, 11) is 0. The van der Waals surface area contributed by atoms with Crippen molar-refractivity contribution in [2.24, 2.45) is 5.73 Å². The number of nitrogens with zero attached hydrogens (tertiary/aromatic N) is 1. The first-order valence-corrected chi connectivity index (χ1v) is 5.69. The summed E-state index contributed by atoms with van der Waals surface area (Å²) in [6.45, 7) is 2.82. The van der Waals surface area contributed by atoms with E-state index in [1.807, 2.05) is 36.1 Å². The van der Waals surface area contributed by atoms with Crippen molar-refractivity contribution >= 4 is 33.8 Å². The van der Waals surface area contributed by atoms with Gasteiger partial charge in [-0.15, -0.1) is 0 Å². The Kier molecular flexibility index (Phi) is 3.06. The summed E-state index contributed by atoms with van der Waals surface area (Å²) >= 11 is 5.06. The van der Waals surface area contributed by atoms with Gasteiger partial charge >= 0.3 is 0 Å². The van der Waals surface area contributed by atoms with Crippen molar-refractivity contribution in [3.05, 3.63) is 42.5 Å². The van der Waals surface area contributed by atoms with Crippen molar-refractivity contribution in [2.75, 3.05) is 11.4 Å². The van der Waals surface area contributed by atoms with Crippen LogP contribution < -0.4 is 10.6 Å². The van der Waals surface area contributed by atoms with E-state index in [4.69, 9.17) is 18.0 Å². The molecule has 0 atom stereocenters. The Balaban J connectivity index is 2.63. The first kappa shape index (κ1) is 10.9. The van der Waals surface area contributed by atoms with Gasteiger partial charge in [-0.1, -0.05) is 36.4 Å². The number of benzene rings is 2. The van der Waals surface area contributed by atoms with E-state index in [1.54, 1.807) is 0 Å². The Morgan fingerprint density at radius 1 is 1.19 bits per heavy atom. The molecule has 2 rings (SSSR count). The molecular weight excluding hydrogens is 216 g/mol. The third-order valence-electron chi connectivity index (χ3n) is 2.64. The normalized spacial score (nSPS) is 10.3. The zero-order chi connectivity index (χ0) is 11.5. The highest BCUT2D eigenvalue weighted by Gasteiger charge is 2.09. The molecule has 0 aliphatic heterocycles. The van der Waals surface area contributed by atoms with E-state index in [0.717, 1.165) is 12.2 Å². The first-order chi connectivity index (χ1) is 7.74. The molecule has 0 unspecified atom stereocenters. The van der Waals surface area contributed by atoms with Crippen molar-refractivity contribution < 1.29 is 0 Å². The van der Waals surface area contributed by atoms with Gasteiger partial charge in [-0.25, -0.2) is 0 Å². The molecule has 3 heteroatoms. The highest BCUT2D eigenvalue weighted by Crippen LogP contribution is 2.26. The first-order valence-electron chi connectivity index (χ1n) is 5.28. The van der Waals surface area contributed by atoms with Gasteiger partial charge in [0.05, 0.1) is 5.69 Å². The average Bonchev–Trinajstić information content (AvgIpc) is 2.30. The summed E-state index contributed by atoms with van der Waals surface area (Å²) in [5.74, 6) is 0. The van der Waals surface area contributed by atoms with Gasteiger partial charge in [0.25, 0.3) is 0 Å². The monoisotopic (exact) mass is 230 g/mol. The fourth-order valence-electron chi connectivity index (χ4n) is 1.89. The number of anilines is 1. The van der Waals surface area contributed by atoms with Crippen LogP contribution in [-0.2, 0) is 0 Å². The Morgan fingerprint density at radius 3 is 2.56 bits per heavy atom. The number of hydrogen-bond donors (Lipinski definition) is 1. The Morgan fingerprint density at radius 2 is 1.88 bits per heavy atom. The van der Waals surface area contributed by atoms with Crippen LogP contribution in [0, 0.1) is 0 Å². The second-order valence-electron chi connectivity index (χ2n) is 3.58. The molecule has 0 aliphatic rings. The third kappa shape index (κ3) is 1.86. The van der Waals surface area contributed by atoms with Crippen molar-refractivity contribution in [1.82, 2.24) is 0 Å². The van der Waals surface area contributed by atoms with Crippen LogP contribution in [0.1, 0.15) is 6.92 Å². The molecule has 0 amide bonds. The predicted molar refractivity (Wildman–Crippen MR) is 73.8 cm³/mol. The smallest absolute Gasteiger partial charge is 0.170 e. The molecule has 0 bridgehead atoms. The van der Waals surface area contributed by atoms with E-state index < -0.39 is 0 Å². The minimum absolute atomic E-state index is 0.416. The van der Waals surface area contributed by atoms with E-state index in [9.17, 15) is 0 Å². The van der Waals surface area contributed by atoms with Gasteiger partial charge in [0.15, 0.2) is 5.11 Å². The molecular formula is C13H14N2S. The number of rotatable bonds is 2. The summed E-state index contributed by atoms with van der Waals surface area (Å²) in [4.78, 5) is 1.94. The van der Waals surface area contributed by atoms with Gasteiger partial charge in [-0.2, -0.15) is 0 Å². The highest BCUT2D eigenvalue weighted by molar-refractivity contribution is 7.80. The lowest BCUT2D eigenvalue weighted by molar-refractivity contribution is 1.07. The average molecular weight is 230 g/mol. The summed E-state index contributed by atoms with van der Waals surface area (Å²) in [5.41, 5.74) is 6.80. The summed E-state index contributed by atoms with van der Waals surface area (Å²) in [5, 5.41) is 2.80. The Labute approximate surface area is 101 Å². The van der Waals surface area contributed by atoms with Crippen molar-refractivity contribution in [2.45, 2.75) is 6.92 Å². The molecule has 2 nitrogen and oxygen atoms in total. The molecule has 0 saturated carbocycles. The van der Waals surface area contributed by atoms with Gasteiger partial charge in [0, 0.05) is 11.9 Å². The van der Waals surface area contributed by atoms with E-state index in [2.05, 4.69) is 18.2 Å². The number of hydrogen-bond acceptors (Lipinski definition) is 1. The Hall–Kier alpha value is -1.61. The predicted octanol–water partition coefficient (Wildman–Crippen LogP) is 2.91. The molecule has 0 heterocycles. The lowest BCUT2D eigenvalue weighted by atomic mass is 10.1. The summed E-state index contributed by atoms with van der Waals surface area (Å²) in [6, 6.07) is 14.4. The van der Waals surface area contributed by atoms with Crippen LogP contribution in [0.15, 0.2) is 42.5 Å². The van der Waals surface area contributed by atoms with Crippen molar-refractivity contribution in [3.8, 4) is 0 Å². The fraction of sp³-hybridized carbons (Fsp3) is 0.154. The molecule has 0 aromatic heterocycles. The van der Waals surface area contributed by atoms with Crippen LogP contribution in [0.4, 0.5) is 5.69 Å². The van der Waals surface area contributed by atoms with Crippen LogP contribution in [0.2, 0.25) is 0 Å². The van der Waals surface area contributed by atoms with E-state index in [1.165, 1.54) is 10.8 Å². The van der Waals surface area contributed by atoms with Gasteiger partial charge in [-0.3, -0.25) is 0 Å². The number of fused-ring (bicyclic) bond motifs is 1. The second-order valence-corrected chi connectivity index (χ2v) is 4.00. The van der Waals surface area contributed by atoms with E-state index >= 15 is 0 Å². The molecule has 0 radical (unpaired) electrons. The summed E-state index contributed by atoms with van der Waals surface area (Å²) < 4.78 is 0. The second kappa shape index (κ2) is 4.49. The quantitative estimate of drug-likeness (QED) is 0.804. The van der Waals surface area contributed by atoms with Gasteiger partial charge in [0.2, 0.25) is 0 Å². The minimum Gasteiger partial charge on any atom is -0.376 e. The summed E-state index contributed by atoms with van der Waals surface area (Å²) in [6.07, 6.45) is 0. The maximum absolute atomic E-state index is 5.73. The van der Waals surface area contributed by atoms with Gasteiger partial charge < -0.3 is 10.6 Å². The zero-order valence-corrected chi connectivity index (χ0v) is 10.00. The SMILES string of the molecule is CCN(C(N)=S)c1cccc2ccccc12.